The zero-order chi connectivity index (χ0) is 11.7. The lowest BCUT2D eigenvalue weighted by molar-refractivity contribution is 0.631. The number of thiazole rings is 1. The van der Waals surface area contributed by atoms with Crippen LogP contribution in [-0.4, -0.2) is 4.98 Å². The van der Waals surface area contributed by atoms with Crippen LogP contribution in [0.4, 0.5) is 4.39 Å². The summed E-state index contributed by atoms with van der Waals surface area (Å²) in [7, 11) is 0. The first-order valence-corrected chi connectivity index (χ1v) is 5.94. The Balaban J connectivity index is 2.42. The van der Waals surface area contributed by atoms with Crippen molar-refractivity contribution in [2.45, 2.75) is 13.0 Å². The van der Waals surface area contributed by atoms with E-state index in [0.29, 0.717) is 15.6 Å². The average Bonchev–Trinajstić information content (AvgIpc) is 2.66. The Morgan fingerprint density at radius 3 is 2.81 bits per heavy atom. The summed E-state index contributed by atoms with van der Waals surface area (Å²) in [6.45, 7) is 1.87. The highest BCUT2D eigenvalue weighted by molar-refractivity contribution is 7.15. The van der Waals surface area contributed by atoms with Crippen molar-refractivity contribution in [3.8, 4) is 10.6 Å². The molecule has 2 aromatic rings. The molecule has 0 spiro atoms. The number of rotatable bonds is 2. The molecule has 0 bridgehead atoms. The van der Waals surface area contributed by atoms with Crippen LogP contribution >= 0.6 is 22.9 Å². The molecule has 1 unspecified atom stereocenters. The van der Waals surface area contributed by atoms with Gasteiger partial charge in [-0.05, 0) is 25.1 Å². The Labute approximate surface area is 102 Å². The zero-order valence-corrected chi connectivity index (χ0v) is 10.1. The topological polar surface area (TPSA) is 38.9 Å². The minimum Gasteiger partial charge on any atom is -0.323 e. The van der Waals surface area contributed by atoms with Gasteiger partial charge in [0.05, 0.1) is 0 Å². The van der Waals surface area contributed by atoms with E-state index < -0.39 is 0 Å². The molecule has 5 heteroatoms. The van der Waals surface area contributed by atoms with Gasteiger partial charge in [0, 0.05) is 27.7 Å². The first-order valence-electron chi connectivity index (χ1n) is 4.74. The van der Waals surface area contributed by atoms with Gasteiger partial charge in [-0.1, -0.05) is 11.6 Å². The van der Waals surface area contributed by atoms with Gasteiger partial charge in [-0.3, -0.25) is 0 Å². The van der Waals surface area contributed by atoms with Crippen molar-refractivity contribution in [1.29, 1.82) is 0 Å². The second kappa shape index (κ2) is 4.49. The monoisotopic (exact) mass is 256 g/mol. The highest BCUT2D eigenvalue weighted by atomic mass is 35.5. The third-order valence-corrected chi connectivity index (χ3v) is 3.60. The van der Waals surface area contributed by atoms with Gasteiger partial charge < -0.3 is 5.73 Å². The molecular formula is C11H10ClFN2S. The van der Waals surface area contributed by atoms with Crippen LogP contribution in [0.1, 0.15) is 17.8 Å². The van der Waals surface area contributed by atoms with E-state index in [1.807, 2.05) is 6.92 Å². The van der Waals surface area contributed by atoms with Crippen molar-refractivity contribution in [1.82, 2.24) is 4.98 Å². The molecule has 2 rings (SSSR count). The summed E-state index contributed by atoms with van der Waals surface area (Å²) >= 11 is 7.08. The first-order chi connectivity index (χ1) is 7.58. The Hall–Kier alpha value is -0.970. The van der Waals surface area contributed by atoms with Crippen LogP contribution in [0.5, 0.6) is 0 Å². The zero-order valence-electron chi connectivity index (χ0n) is 8.58. The number of benzene rings is 1. The van der Waals surface area contributed by atoms with E-state index in [1.54, 1.807) is 18.3 Å². The van der Waals surface area contributed by atoms with Gasteiger partial charge in [0.25, 0.3) is 0 Å². The molecule has 0 amide bonds. The first kappa shape index (κ1) is 11.5. The van der Waals surface area contributed by atoms with Gasteiger partial charge >= 0.3 is 0 Å². The van der Waals surface area contributed by atoms with Gasteiger partial charge in [-0.25, -0.2) is 9.37 Å². The molecule has 0 fully saturated rings. The van der Waals surface area contributed by atoms with E-state index >= 15 is 0 Å². The van der Waals surface area contributed by atoms with Crippen LogP contribution in [0.3, 0.4) is 0 Å². The fourth-order valence-electron chi connectivity index (χ4n) is 1.28. The molecule has 0 aliphatic heterocycles. The minimum absolute atomic E-state index is 0.0818. The molecule has 16 heavy (non-hydrogen) atoms. The summed E-state index contributed by atoms with van der Waals surface area (Å²) in [5.74, 6) is -0.363. The molecule has 1 aromatic carbocycles. The van der Waals surface area contributed by atoms with Crippen molar-refractivity contribution >= 4 is 22.9 Å². The third-order valence-electron chi connectivity index (χ3n) is 2.13. The number of hydrogen-bond donors (Lipinski definition) is 1. The molecule has 2 nitrogen and oxygen atoms in total. The second-order valence-electron chi connectivity index (χ2n) is 3.48. The van der Waals surface area contributed by atoms with E-state index in [0.717, 1.165) is 4.88 Å². The molecule has 84 valence electrons. The van der Waals surface area contributed by atoms with E-state index in [9.17, 15) is 4.39 Å². The largest absolute Gasteiger partial charge is 0.323 e. The SMILES string of the molecule is CC(N)c1cnc(-c2ccc(Cl)cc2F)s1. The number of hydrogen-bond acceptors (Lipinski definition) is 3. The summed E-state index contributed by atoms with van der Waals surface area (Å²) in [5.41, 5.74) is 6.18. The molecular weight excluding hydrogens is 247 g/mol. The van der Waals surface area contributed by atoms with Crippen LogP contribution in [0, 0.1) is 5.82 Å². The Kier molecular flexibility index (Phi) is 3.23. The lowest BCUT2D eigenvalue weighted by atomic mass is 10.2. The number of nitrogens with zero attached hydrogens (tertiary/aromatic N) is 1. The van der Waals surface area contributed by atoms with Crippen molar-refractivity contribution in [2.24, 2.45) is 5.73 Å². The van der Waals surface area contributed by atoms with Crippen LogP contribution in [0.15, 0.2) is 24.4 Å². The van der Waals surface area contributed by atoms with Crippen LogP contribution < -0.4 is 5.73 Å². The Bertz CT molecular complexity index is 510. The van der Waals surface area contributed by atoms with Crippen molar-refractivity contribution in [3.05, 3.63) is 40.1 Å². The fourth-order valence-corrected chi connectivity index (χ4v) is 2.34. The smallest absolute Gasteiger partial charge is 0.134 e. The second-order valence-corrected chi connectivity index (χ2v) is 4.98. The minimum atomic E-state index is -0.363. The Morgan fingerprint density at radius 2 is 2.25 bits per heavy atom. The fraction of sp³-hybridized carbons (Fsp3) is 0.182. The third kappa shape index (κ3) is 2.24. The summed E-state index contributed by atoms with van der Waals surface area (Å²) in [6, 6.07) is 4.47. The predicted molar refractivity (Wildman–Crippen MR) is 65.1 cm³/mol. The lowest BCUT2D eigenvalue weighted by Gasteiger charge is -2.00. The van der Waals surface area contributed by atoms with Crippen LogP contribution in [-0.2, 0) is 0 Å². The predicted octanol–water partition coefficient (Wildman–Crippen LogP) is 3.62. The standard InChI is InChI=1S/C11H10ClFN2S/c1-6(14)10-5-15-11(16-10)8-3-2-7(12)4-9(8)13/h2-6H,14H2,1H3. The average molecular weight is 257 g/mol. The number of aromatic nitrogens is 1. The summed E-state index contributed by atoms with van der Waals surface area (Å²) in [5, 5.41) is 1.01. The summed E-state index contributed by atoms with van der Waals surface area (Å²) in [6.07, 6.45) is 1.68. The number of halogens is 2. The molecule has 0 aliphatic rings. The van der Waals surface area contributed by atoms with Gasteiger partial charge in [-0.15, -0.1) is 11.3 Å². The molecule has 2 N–H and O–H groups in total. The Morgan fingerprint density at radius 1 is 1.50 bits per heavy atom. The van der Waals surface area contributed by atoms with Gasteiger partial charge in [-0.2, -0.15) is 0 Å². The van der Waals surface area contributed by atoms with Gasteiger partial charge in [0.2, 0.25) is 0 Å². The van der Waals surface area contributed by atoms with E-state index in [2.05, 4.69) is 4.98 Å². The van der Waals surface area contributed by atoms with Crippen molar-refractivity contribution in [2.75, 3.05) is 0 Å². The highest BCUT2D eigenvalue weighted by Gasteiger charge is 2.11. The van der Waals surface area contributed by atoms with Gasteiger partial charge in [0.1, 0.15) is 10.8 Å². The summed E-state index contributed by atoms with van der Waals surface area (Å²) in [4.78, 5) is 5.09. The van der Waals surface area contributed by atoms with Crippen molar-refractivity contribution in [3.63, 3.8) is 0 Å². The quantitative estimate of drug-likeness (QED) is 0.891. The normalized spacial score (nSPS) is 12.8. The van der Waals surface area contributed by atoms with E-state index in [-0.39, 0.29) is 11.9 Å². The maximum atomic E-state index is 13.6. The molecule has 0 saturated carbocycles. The molecule has 1 heterocycles. The van der Waals surface area contributed by atoms with Crippen LogP contribution in [0.25, 0.3) is 10.6 Å². The van der Waals surface area contributed by atoms with Crippen LogP contribution in [0.2, 0.25) is 5.02 Å². The molecule has 1 atom stereocenters. The maximum absolute atomic E-state index is 13.6. The number of nitrogens with two attached hydrogens (primary N) is 1. The lowest BCUT2D eigenvalue weighted by Crippen LogP contribution is -2.01. The highest BCUT2D eigenvalue weighted by Crippen LogP contribution is 2.30. The van der Waals surface area contributed by atoms with Crippen molar-refractivity contribution < 1.29 is 4.39 Å². The summed E-state index contributed by atoms with van der Waals surface area (Å²) < 4.78 is 13.6. The molecule has 0 saturated heterocycles. The molecule has 1 aromatic heterocycles. The molecule has 0 aliphatic carbocycles. The van der Waals surface area contributed by atoms with E-state index in [4.69, 9.17) is 17.3 Å². The maximum Gasteiger partial charge on any atom is 0.134 e. The van der Waals surface area contributed by atoms with Gasteiger partial charge in [0.15, 0.2) is 0 Å². The molecule has 0 radical (unpaired) electrons. The van der Waals surface area contributed by atoms with E-state index in [1.165, 1.54) is 17.4 Å².